The van der Waals surface area contributed by atoms with Gasteiger partial charge in [-0.25, -0.2) is 9.59 Å². The van der Waals surface area contributed by atoms with Crippen molar-refractivity contribution in [2.24, 2.45) is 0 Å². The van der Waals surface area contributed by atoms with Gasteiger partial charge in [0.2, 0.25) is 0 Å². The Morgan fingerprint density at radius 1 is 0.778 bits per heavy atom. The van der Waals surface area contributed by atoms with Crippen molar-refractivity contribution in [2.45, 2.75) is 65.6 Å². The second-order valence-corrected chi connectivity index (χ2v) is 5.34. The molecule has 106 valence electrons. The van der Waals surface area contributed by atoms with Crippen LogP contribution in [0.3, 0.4) is 0 Å². The lowest BCUT2D eigenvalue weighted by Crippen LogP contribution is -2.32. The average molecular weight is 262 g/mol. The van der Waals surface area contributed by atoms with E-state index in [1.165, 1.54) is 13.8 Å². The molecule has 0 N–H and O–H groups in total. The van der Waals surface area contributed by atoms with Gasteiger partial charge in [0.05, 0.1) is 0 Å². The molecule has 18 heavy (non-hydrogen) atoms. The molecule has 0 saturated carbocycles. The standard InChI is InChI=1S/C12H22O6/c1-9(13)15-17-11(3,4)7-8-12(5,6)18-16-10(2)14/h7-8H2,1-6H3. The van der Waals surface area contributed by atoms with Crippen molar-refractivity contribution in [3.63, 3.8) is 0 Å². The maximum atomic E-state index is 10.6. The van der Waals surface area contributed by atoms with Crippen LogP contribution >= 0.6 is 0 Å². The first-order valence-corrected chi connectivity index (χ1v) is 5.77. The van der Waals surface area contributed by atoms with E-state index >= 15 is 0 Å². The van der Waals surface area contributed by atoms with Crippen LogP contribution in [0.15, 0.2) is 0 Å². The number of carbonyl (C=O) groups is 2. The summed E-state index contributed by atoms with van der Waals surface area (Å²) in [5, 5.41) is 0. The fraction of sp³-hybridized carbons (Fsp3) is 0.833. The predicted molar refractivity (Wildman–Crippen MR) is 63.1 cm³/mol. The maximum absolute atomic E-state index is 10.6. The van der Waals surface area contributed by atoms with Gasteiger partial charge in [-0.3, -0.25) is 9.78 Å². The van der Waals surface area contributed by atoms with Gasteiger partial charge in [-0.15, -0.1) is 0 Å². The van der Waals surface area contributed by atoms with Crippen LogP contribution in [-0.2, 0) is 29.1 Å². The van der Waals surface area contributed by atoms with Crippen LogP contribution in [0.2, 0.25) is 0 Å². The quantitative estimate of drug-likeness (QED) is 0.518. The van der Waals surface area contributed by atoms with Crippen LogP contribution in [0.5, 0.6) is 0 Å². The van der Waals surface area contributed by atoms with Crippen molar-refractivity contribution in [1.82, 2.24) is 0 Å². The van der Waals surface area contributed by atoms with Crippen molar-refractivity contribution in [2.75, 3.05) is 0 Å². The minimum Gasteiger partial charge on any atom is -0.298 e. The lowest BCUT2D eigenvalue weighted by atomic mass is 9.94. The molecular formula is C12H22O6. The van der Waals surface area contributed by atoms with Gasteiger partial charge in [-0.1, -0.05) is 0 Å². The lowest BCUT2D eigenvalue weighted by Gasteiger charge is -2.28. The molecule has 0 aromatic rings. The molecule has 0 amide bonds. The van der Waals surface area contributed by atoms with E-state index in [1.54, 1.807) is 27.7 Å². The van der Waals surface area contributed by atoms with E-state index in [0.717, 1.165) is 0 Å². The second-order valence-electron chi connectivity index (χ2n) is 5.34. The molecule has 0 rings (SSSR count). The Morgan fingerprint density at radius 3 is 1.28 bits per heavy atom. The Morgan fingerprint density at radius 2 is 1.06 bits per heavy atom. The van der Waals surface area contributed by atoms with E-state index < -0.39 is 23.1 Å². The molecule has 0 heterocycles. The summed E-state index contributed by atoms with van der Waals surface area (Å²) in [6, 6.07) is 0. The maximum Gasteiger partial charge on any atom is 0.339 e. The van der Waals surface area contributed by atoms with Crippen LogP contribution in [0, 0.1) is 0 Å². The van der Waals surface area contributed by atoms with Gasteiger partial charge in [-0.05, 0) is 40.5 Å². The molecule has 0 unspecified atom stereocenters. The molecule has 0 aliphatic rings. The second kappa shape index (κ2) is 6.70. The van der Waals surface area contributed by atoms with Gasteiger partial charge < -0.3 is 0 Å². The van der Waals surface area contributed by atoms with Gasteiger partial charge in [0.1, 0.15) is 11.2 Å². The Hall–Kier alpha value is -1.14. The molecule has 0 radical (unpaired) electrons. The average Bonchev–Trinajstić information content (AvgIpc) is 2.22. The molecule has 0 spiro atoms. The molecule has 0 atom stereocenters. The minimum atomic E-state index is -0.636. The van der Waals surface area contributed by atoms with Gasteiger partial charge in [0, 0.05) is 13.8 Å². The molecule has 0 fully saturated rings. The monoisotopic (exact) mass is 262 g/mol. The van der Waals surface area contributed by atoms with Crippen molar-refractivity contribution < 1.29 is 29.1 Å². The first-order chi connectivity index (χ1) is 8.04. The predicted octanol–water partition coefficient (Wildman–Crippen LogP) is 2.31. The van der Waals surface area contributed by atoms with Crippen LogP contribution in [0.25, 0.3) is 0 Å². The zero-order valence-electron chi connectivity index (χ0n) is 11.9. The highest BCUT2D eigenvalue weighted by molar-refractivity contribution is 5.65. The summed E-state index contributed by atoms with van der Waals surface area (Å²) in [7, 11) is 0. The Labute approximate surface area is 107 Å². The normalized spacial score (nSPS) is 12.1. The van der Waals surface area contributed by atoms with Crippen LogP contribution < -0.4 is 0 Å². The largest absolute Gasteiger partial charge is 0.339 e. The summed E-state index contributed by atoms with van der Waals surface area (Å²) >= 11 is 0. The topological polar surface area (TPSA) is 71.1 Å². The number of hydrogen-bond acceptors (Lipinski definition) is 6. The fourth-order valence-corrected chi connectivity index (χ4v) is 1.03. The Bertz CT molecular complexity index is 265. The van der Waals surface area contributed by atoms with Crippen molar-refractivity contribution in [3.8, 4) is 0 Å². The molecule has 6 heteroatoms. The van der Waals surface area contributed by atoms with Gasteiger partial charge in [0.15, 0.2) is 0 Å². The van der Waals surface area contributed by atoms with E-state index in [1.807, 2.05) is 0 Å². The summed E-state index contributed by atoms with van der Waals surface area (Å²) < 4.78 is 0. The van der Waals surface area contributed by atoms with E-state index in [4.69, 9.17) is 9.78 Å². The number of carbonyl (C=O) groups excluding carboxylic acids is 2. The smallest absolute Gasteiger partial charge is 0.298 e. The molecule has 0 aliphatic heterocycles. The minimum absolute atomic E-state index is 0.501. The van der Waals surface area contributed by atoms with Gasteiger partial charge >= 0.3 is 11.9 Å². The summed E-state index contributed by atoms with van der Waals surface area (Å²) in [5.74, 6) is -1.00. The first kappa shape index (κ1) is 16.9. The summed E-state index contributed by atoms with van der Waals surface area (Å²) in [5.41, 5.74) is -1.27. The fourth-order valence-electron chi connectivity index (χ4n) is 1.03. The van der Waals surface area contributed by atoms with Crippen molar-refractivity contribution in [3.05, 3.63) is 0 Å². The number of hydrogen-bond donors (Lipinski definition) is 0. The molecular weight excluding hydrogens is 240 g/mol. The highest BCUT2D eigenvalue weighted by Gasteiger charge is 2.29. The van der Waals surface area contributed by atoms with Crippen molar-refractivity contribution in [1.29, 1.82) is 0 Å². The van der Waals surface area contributed by atoms with Crippen LogP contribution in [0.1, 0.15) is 54.4 Å². The third kappa shape index (κ3) is 8.95. The van der Waals surface area contributed by atoms with E-state index in [0.29, 0.717) is 12.8 Å². The molecule has 0 saturated heterocycles. The van der Waals surface area contributed by atoms with Crippen LogP contribution in [0.4, 0.5) is 0 Å². The Kier molecular flexibility index (Phi) is 6.28. The molecule has 6 nitrogen and oxygen atoms in total. The van der Waals surface area contributed by atoms with Crippen molar-refractivity contribution >= 4 is 11.9 Å². The van der Waals surface area contributed by atoms with E-state index in [9.17, 15) is 9.59 Å². The highest BCUT2D eigenvalue weighted by Crippen LogP contribution is 2.25. The molecule has 0 aromatic heterocycles. The first-order valence-electron chi connectivity index (χ1n) is 5.77. The van der Waals surface area contributed by atoms with E-state index in [-0.39, 0.29) is 0 Å². The molecule has 0 aromatic carbocycles. The van der Waals surface area contributed by atoms with Gasteiger partial charge in [-0.2, -0.15) is 9.78 Å². The zero-order valence-corrected chi connectivity index (χ0v) is 11.9. The Balaban J connectivity index is 4.11. The third-order valence-corrected chi connectivity index (χ3v) is 2.10. The van der Waals surface area contributed by atoms with Gasteiger partial charge in [0.25, 0.3) is 0 Å². The van der Waals surface area contributed by atoms with Crippen LogP contribution in [-0.4, -0.2) is 23.1 Å². The summed E-state index contributed by atoms with van der Waals surface area (Å²) in [4.78, 5) is 40.3. The summed E-state index contributed by atoms with van der Waals surface area (Å²) in [6.07, 6.45) is 1.13. The molecule has 0 aliphatic carbocycles. The number of rotatable bonds is 7. The zero-order chi connectivity index (χ0) is 14.4. The lowest BCUT2D eigenvalue weighted by molar-refractivity contribution is -0.339. The molecule has 0 bridgehead atoms. The highest BCUT2D eigenvalue weighted by atomic mass is 17.2. The van der Waals surface area contributed by atoms with E-state index in [2.05, 4.69) is 9.78 Å². The SMILES string of the molecule is CC(=O)OOC(C)(C)CCC(C)(C)OOC(C)=O. The summed E-state index contributed by atoms with van der Waals surface area (Å²) in [6.45, 7) is 9.69. The third-order valence-electron chi connectivity index (χ3n) is 2.10.